The summed E-state index contributed by atoms with van der Waals surface area (Å²) < 4.78 is 16.3. The summed E-state index contributed by atoms with van der Waals surface area (Å²) >= 11 is 6.38. The zero-order valence-corrected chi connectivity index (χ0v) is 14.7. The monoisotopic (exact) mass is 370 g/mol. The van der Waals surface area contributed by atoms with Gasteiger partial charge >= 0.3 is 11.6 Å². The van der Waals surface area contributed by atoms with Crippen molar-refractivity contribution < 1.29 is 18.7 Å². The van der Waals surface area contributed by atoms with Crippen LogP contribution in [0.5, 0.6) is 5.75 Å². The Balaban J connectivity index is 2.03. The Bertz CT molecular complexity index is 1060. The molecule has 0 spiro atoms. The first-order valence-corrected chi connectivity index (χ1v) is 8.50. The molecule has 0 amide bonds. The second-order valence-electron chi connectivity index (χ2n) is 6.07. The van der Waals surface area contributed by atoms with Crippen LogP contribution in [0.2, 0.25) is 5.02 Å². The van der Waals surface area contributed by atoms with Crippen molar-refractivity contribution in [3.8, 4) is 5.75 Å². The average molecular weight is 371 g/mol. The maximum Gasteiger partial charge on any atom is 0.343 e. The van der Waals surface area contributed by atoms with E-state index in [4.69, 9.17) is 25.5 Å². The molecule has 3 aromatic rings. The van der Waals surface area contributed by atoms with Crippen LogP contribution in [0.3, 0.4) is 0 Å². The summed E-state index contributed by atoms with van der Waals surface area (Å²) in [6, 6.07) is 14.3. The van der Waals surface area contributed by atoms with Gasteiger partial charge in [-0.3, -0.25) is 4.79 Å². The number of halogens is 1. The number of fused-ring (bicyclic) bond motifs is 3. The average Bonchev–Trinajstić information content (AvgIpc) is 2.67. The van der Waals surface area contributed by atoms with Crippen LogP contribution in [0.15, 0.2) is 57.7 Å². The van der Waals surface area contributed by atoms with Gasteiger partial charge in [-0.1, -0.05) is 41.9 Å². The van der Waals surface area contributed by atoms with Gasteiger partial charge in [0.2, 0.25) is 0 Å². The molecule has 1 aliphatic rings. The fourth-order valence-corrected chi connectivity index (χ4v) is 3.74. The van der Waals surface area contributed by atoms with Crippen LogP contribution in [0, 0.1) is 5.92 Å². The van der Waals surface area contributed by atoms with Gasteiger partial charge < -0.3 is 13.9 Å². The Labute approximate surface area is 154 Å². The molecule has 1 aromatic heterocycles. The number of para-hydroxylation sites is 1. The predicted molar refractivity (Wildman–Crippen MR) is 96.8 cm³/mol. The highest BCUT2D eigenvalue weighted by Crippen LogP contribution is 2.44. The van der Waals surface area contributed by atoms with Gasteiger partial charge in [-0.25, -0.2) is 4.79 Å². The van der Waals surface area contributed by atoms with E-state index in [-0.39, 0.29) is 6.61 Å². The third kappa shape index (κ3) is 2.56. The Morgan fingerprint density at radius 2 is 1.88 bits per heavy atom. The van der Waals surface area contributed by atoms with Crippen LogP contribution in [0.4, 0.5) is 0 Å². The zero-order chi connectivity index (χ0) is 18.3. The Hall–Kier alpha value is -2.79. The van der Waals surface area contributed by atoms with Gasteiger partial charge in [0, 0.05) is 10.9 Å². The van der Waals surface area contributed by atoms with E-state index in [9.17, 15) is 9.59 Å². The topological polar surface area (TPSA) is 65.7 Å². The SMILES string of the molecule is COC(=O)[C@@H]1COc2c(c(=O)oc3ccccc23)[C@H]1c1ccccc1Cl. The van der Waals surface area contributed by atoms with Gasteiger partial charge in [-0.05, 0) is 23.8 Å². The van der Waals surface area contributed by atoms with Crippen LogP contribution >= 0.6 is 11.6 Å². The fraction of sp³-hybridized carbons (Fsp3) is 0.200. The van der Waals surface area contributed by atoms with Crippen LogP contribution in [0.1, 0.15) is 17.0 Å². The number of methoxy groups -OCH3 is 1. The largest absolute Gasteiger partial charge is 0.491 e. The summed E-state index contributed by atoms with van der Waals surface area (Å²) in [6.45, 7) is 0.0863. The van der Waals surface area contributed by atoms with Crippen LogP contribution in [-0.4, -0.2) is 19.7 Å². The number of benzene rings is 2. The number of carbonyl (C=O) groups is 1. The molecular weight excluding hydrogens is 356 g/mol. The molecule has 0 bridgehead atoms. The van der Waals surface area contributed by atoms with E-state index >= 15 is 0 Å². The Kier molecular flexibility index (Phi) is 4.17. The lowest BCUT2D eigenvalue weighted by Gasteiger charge is -2.32. The normalized spacial score (nSPS) is 18.8. The minimum Gasteiger partial charge on any atom is -0.491 e. The smallest absolute Gasteiger partial charge is 0.343 e. The lowest BCUT2D eigenvalue weighted by atomic mass is 9.79. The van der Waals surface area contributed by atoms with Crippen LogP contribution < -0.4 is 10.4 Å². The maximum atomic E-state index is 12.8. The summed E-state index contributed by atoms with van der Waals surface area (Å²) in [7, 11) is 1.31. The molecule has 0 saturated carbocycles. The van der Waals surface area contributed by atoms with E-state index in [0.717, 1.165) is 0 Å². The molecule has 2 heterocycles. The minimum atomic E-state index is -0.698. The van der Waals surface area contributed by atoms with E-state index < -0.39 is 23.4 Å². The molecule has 5 nitrogen and oxygen atoms in total. The molecule has 0 unspecified atom stereocenters. The third-order valence-electron chi connectivity index (χ3n) is 4.66. The van der Waals surface area contributed by atoms with E-state index in [1.807, 2.05) is 18.2 Å². The van der Waals surface area contributed by atoms with Gasteiger partial charge in [0.15, 0.2) is 0 Å². The first kappa shape index (κ1) is 16.7. The first-order valence-electron chi connectivity index (χ1n) is 8.12. The van der Waals surface area contributed by atoms with Gasteiger partial charge in [0.05, 0.1) is 18.1 Å². The van der Waals surface area contributed by atoms with Crippen LogP contribution in [0.25, 0.3) is 11.0 Å². The summed E-state index contributed by atoms with van der Waals surface area (Å²) in [5.74, 6) is -1.34. The lowest BCUT2D eigenvalue weighted by molar-refractivity contribution is -0.147. The summed E-state index contributed by atoms with van der Waals surface area (Å²) in [6.07, 6.45) is 0. The van der Waals surface area contributed by atoms with Crippen molar-refractivity contribution in [1.29, 1.82) is 0 Å². The highest BCUT2D eigenvalue weighted by atomic mass is 35.5. The molecular formula is C20H15ClO5. The second-order valence-corrected chi connectivity index (χ2v) is 6.48. The van der Waals surface area contributed by atoms with Crippen molar-refractivity contribution in [2.45, 2.75) is 5.92 Å². The Morgan fingerprint density at radius 3 is 2.65 bits per heavy atom. The minimum absolute atomic E-state index is 0.0863. The molecule has 0 radical (unpaired) electrons. The highest BCUT2D eigenvalue weighted by molar-refractivity contribution is 6.31. The highest BCUT2D eigenvalue weighted by Gasteiger charge is 2.41. The molecule has 0 N–H and O–H groups in total. The molecule has 132 valence electrons. The molecule has 26 heavy (non-hydrogen) atoms. The number of ether oxygens (including phenoxy) is 2. The van der Waals surface area contributed by atoms with E-state index in [2.05, 4.69) is 0 Å². The van der Waals surface area contributed by atoms with E-state index in [0.29, 0.717) is 32.9 Å². The lowest BCUT2D eigenvalue weighted by Crippen LogP contribution is -2.36. The number of esters is 1. The number of rotatable bonds is 2. The van der Waals surface area contributed by atoms with Crippen molar-refractivity contribution in [2.24, 2.45) is 5.92 Å². The van der Waals surface area contributed by atoms with Crippen LogP contribution in [-0.2, 0) is 9.53 Å². The molecule has 0 saturated heterocycles. The first-order chi connectivity index (χ1) is 12.6. The van der Waals surface area contributed by atoms with E-state index in [1.54, 1.807) is 30.3 Å². The molecule has 2 atom stereocenters. The number of carbonyl (C=O) groups excluding carboxylic acids is 1. The molecule has 0 aliphatic carbocycles. The Morgan fingerprint density at radius 1 is 1.15 bits per heavy atom. The summed E-state index contributed by atoms with van der Waals surface area (Å²) in [5.41, 5.74) is 0.845. The molecule has 1 aliphatic heterocycles. The molecule has 6 heteroatoms. The van der Waals surface area contributed by atoms with Crippen molar-refractivity contribution in [3.63, 3.8) is 0 Å². The van der Waals surface area contributed by atoms with Gasteiger partial charge in [-0.15, -0.1) is 0 Å². The molecule has 2 aromatic carbocycles. The maximum absolute atomic E-state index is 12.8. The van der Waals surface area contributed by atoms with E-state index in [1.165, 1.54) is 7.11 Å². The quantitative estimate of drug-likeness (QED) is 0.507. The third-order valence-corrected chi connectivity index (χ3v) is 5.01. The van der Waals surface area contributed by atoms with Gasteiger partial charge in [0.25, 0.3) is 0 Å². The summed E-state index contributed by atoms with van der Waals surface area (Å²) in [5, 5.41) is 1.15. The van der Waals surface area contributed by atoms with Crippen molar-refractivity contribution in [1.82, 2.24) is 0 Å². The fourth-order valence-electron chi connectivity index (χ4n) is 3.49. The second kappa shape index (κ2) is 6.50. The number of hydrogen-bond donors (Lipinski definition) is 0. The number of hydrogen-bond acceptors (Lipinski definition) is 5. The molecule has 0 fully saturated rings. The molecule has 4 rings (SSSR count). The predicted octanol–water partition coefficient (Wildman–Crippen LogP) is 3.76. The van der Waals surface area contributed by atoms with Crippen molar-refractivity contribution >= 4 is 28.5 Å². The van der Waals surface area contributed by atoms with Crippen molar-refractivity contribution in [3.05, 3.63) is 75.1 Å². The van der Waals surface area contributed by atoms with Crippen molar-refractivity contribution in [2.75, 3.05) is 13.7 Å². The summed E-state index contributed by atoms with van der Waals surface area (Å²) in [4.78, 5) is 25.2. The zero-order valence-electron chi connectivity index (χ0n) is 13.9. The van der Waals surface area contributed by atoms with Gasteiger partial charge in [0.1, 0.15) is 23.9 Å². The van der Waals surface area contributed by atoms with Gasteiger partial charge in [-0.2, -0.15) is 0 Å². The standard InChI is InChI=1S/C20H15ClO5/c1-24-19(22)13-10-25-18-12-7-3-5-9-15(12)26-20(23)17(18)16(13)11-6-2-4-8-14(11)21/h2-9,13,16H,10H2,1H3/t13-,16+/m1/s1.